The molecular formula is C13H16Cl2N2OS. The summed E-state index contributed by atoms with van der Waals surface area (Å²) < 4.78 is 0. The quantitative estimate of drug-likeness (QED) is 0.837. The van der Waals surface area contributed by atoms with Crippen molar-refractivity contribution < 1.29 is 4.79 Å². The fourth-order valence-corrected chi connectivity index (χ4v) is 3.72. The normalized spacial score (nSPS) is 19.2. The minimum Gasteiger partial charge on any atom is -0.396 e. The second-order valence-electron chi connectivity index (χ2n) is 4.55. The molecule has 1 aromatic rings. The Morgan fingerprint density at radius 1 is 1.37 bits per heavy atom. The van der Waals surface area contributed by atoms with Gasteiger partial charge in [0.2, 0.25) is 0 Å². The third-order valence-electron chi connectivity index (χ3n) is 3.11. The average Bonchev–Trinajstić information content (AvgIpc) is 2.42. The lowest BCUT2D eigenvalue weighted by Gasteiger charge is -2.21. The van der Waals surface area contributed by atoms with Crippen LogP contribution in [0.3, 0.4) is 0 Å². The third-order valence-corrected chi connectivity index (χ3v) is 5.13. The number of amides is 1. The van der Waals surface area contributed by atoms with E-state index >= 15 is 0 Å². The molecule has 0 radical (unpaired) electrons. The summed E-state index contributed by atoms with van der Waals surface area (Å²) in [5.74, 6) is 1.02. The van der Waals surface area contributed by atoms with E-state index in [0.29, 0.717) is 33.1 Å². The predicted octanol–water partition coefficient (Wildman–Crippen LogP) is 3.59. The Balaban J connectivity index is 1.96. The van der Waals surface area contributed by atoms with E-state index in [2.05, 4.69) is 5.32 Å². The molecule has 6 heteroatoms. The van der Waals surface area contributed by atoms with E-state index in [-0.39, 0.29) is 5.91 Å². The summed E-state index contributed by atoms with van der Waals surface area (Å²) in [6.07, 6.45) is 3.68. The van der Waals surface area contributed by atoms with Gasteiger partial charge in [0.25, 0.3) is 5.91 Å². The van der Waals surface area contributed by atoms with Crippen LogP contribution in [0.15, 0.2) is 12.1 Å². The Morgan fingerprint density at radius 3 is 2.63 bits per heavy atom. The first-order valence-electron chi connectivity index (χ1n) is 6.22. The molecule has 1 unspecified atom stereocenters. The number of nitrogens with two attached hydrogens (primary N) is 1. The van der Waals surface area contributed by atoms with Crippen LogP contribution in [0.5, 0.6) is 0 Å². The van der Waals surface area contributed by atoms with Crippen molar-refractivity contribution in [1.29, 1.82) is 0 Å². The molecule has 0 aliphatic carbocycles. The van der Waals surface area contributed by atoms with Crippen LogP contribution in [-0.2, 0) is 0 Å². The van der Waals surface area contributed by atoms with Crippen molar-refractivity contribution in [3.05, 3.63) is 27.7 Å². The SMILES string of the molecule is Nc1c(Cl)cc(C(=O)NCC2CCCCS2)cc1Cl. The van der Waals surface area contributed by atoms with Gasteiger partial charge in [-0.1, -0.05) is 29.6 Å². The standard InChI is InChI=1S/C13H16Cl2N2OS/c14-10-5-8(6-11(15)12(10)16)13(18)17-7-9-3-1-2-4-19-9/h5-6,9H,1-4,7,16H2,(H,17,18). The van der Waals surface area contributed by atoms with Crippen LogP contribution in [0, 0.1) is 0 Å². The van der Waals surface area contributed by atoms with Gasteiger partial charge in [0.15, 0.2) is 0 Å². The van der Waals surface area contributed by atoms with Crippen molar-refractivity contribution in [2.75, 3.05) is 18.0 Å². The molecule has 1 amide bonds. The van der Waals surface area contributed by atoms with Gasteiger partial charge in [-0.25, -0.2) is 0 Å². The van der Waals surface area contributed by atoms with E-state index in [4.69, 9.17) is 28.9 Å². The van der Waals surface area contributed by atoms with E-state index in [1.165, 1.54) is 18.6 Å². The molecule has 3 N–H and O–H groups in total. The fraction of sp³-hybridized carbons (Fsp3) is 0.462. The van der Waals surface area contributed by atoms with Crippen molar-refractivity contribution in [2.45, 2.75) is 24.5 Å². The number of anilines is 1. The van der Waals surface area contributed by atoms with Crippen LogP contribution in [0.2, 0.25) is 10.0 Å². The highest BCUT2D eigenvalue weighted by Crippen LogP contribution is 2.29. The summed E-state index contributed by atoms with van der Waals surface area (Å²) in [5, 5.41) is 4.06. The molecule has 1 fully saturated rings. The fourth-order valence-electron chi connectivity index (χ4n) is 1.99. The zero-order valence-electron chi connectivity index (χ0n) is 10.4. The lowest BCUT2D eigenvalue weighted by Crippen LogP contribution is -2.31. The molecule has 1 aliphatic rings. The highest BCUT2D eigenvalue weighted by Gasteiger charge is 2.16. The molecule has 0 spiro atoms. The van der Waals surface area contributed by atoms with Crippen molar-refractivity contribution in [2.24, 2.45) is 0 Å². The van der Waals surface area contributed by atoms with Gasteiger partial charge >= 0.3 is 0 Å². The second-order valence-corrected chi connectivity index (χ2v) is 6.77. The number of halogens is 2. The van der Waals surface area contributed by atoms with Crippen LogP contribution in [-0.4, -0.2) is 23.5 Å². The second kappa shape index (κ2) is 6.73. The Morgan fingerprint density at radius 2 is 2.05 bits per heavy atom. The minimum absolute atomic E-state index is 0.157. The number of hydrogen-bond donors (Lipinski definition) is 2. The number of carbonyl (C=O) groups is 1. The maximum atomic E-state index is 12.0. The molecule has 3 nitrogen and oxygen atoms in total. The van der Waals surface area contributed by atoms with Gasteiger partial charge < -0.3 is 11.1 Å². The predicted molar refractivity (Wildman–Crippen MR) is 83.3 cm³/mol. The van der Waals surface area contributed by atoms with Crippen LogP contribution in [0.1, 0.15) is 29.6 Å². The smallest absolute Gasteiger partial charge is 0.251 e. The van der Waals surface area contributed by atoms with Crippen LogP contribution in [0.4, 0.5) is 5.69 Å². The summed E-state index contributed by atoms with van der Waals surface area (Å²) in [6, 6.07) is 3.10. The van der Waals surface area contributed by atoms with Crippen molar-refractivity contribution >= 4 is 46.6 Å². The number of hydrogen-bond acceptors (Lipinski definition) is 3. The van der Waals surface area contributed by atoms with Crippen LogP contribution < -0.4 is 11.1 Å². The number of carbonyl (C=O) groups excluding carboxylic acids is 1. The van der Waals surface area contributed by atoms with Crippen molar-refractivity contribution in [3.63, 3.8) is 0 Å². The average molecular weight is 319 g/mol. The number of rotatable bonds is 3. The largest absolute Gasteiger partial charge is 0.396 e. The lowest BCUT2D eigenvalue weighted by molar-refractivity contribution is 0.0953. The van der Waals surface area contributed by atoms with Gasteiger partial charge in [-0.3, -0.25) is 4.79 Å². The number of benzene rings is 1. The number of thioether (sulfide) groups is 1. The zero-order valence-corrected chi connectivity index (χ0v) is 12.7. The van der Waals surface area contributed by atoms with Gasteiger partial charge in [0.05, 0.1) is 15.7 Å². The summed E-state index contributed by atoms with van der Waals surface area (Å²) in [4.78, 5) is 12.0. The van der Waals surface area contributed by atoms with E-state index in [9.17, 15) is 4.79 Å². The number of nitrogens with one attached hydrogen (secondary N) is 1. The minimum atomic E-state index is -0.157. The topological polar surface area (TPSA) is 55.1 Å². The van der Waals surface area contributed by atoms with Gasteiger partial charge in [-0.15, -0.1) is 0 Å². The zero-order chi connectivity index (χ0) is 13.8. The Kier molecular flexibility index (Phi) is 5.25. The molecule has 19 heavy (non-hydrogen) atoms. The summed E-state index contributed by atoms with van der Waals surface area (Å²) in [7, 11) is 0. The van der Waals surface area contributed by atoms with E-state index < -0.39 is 0 Å². The van der Waals surface area contributed by atoms with Gasteiger partial charge in [-0.05, 0) is 30.7 Å². The molecule has 104 valence electrons. The first-order chi connectivity index (χ1) is 9.08. The summed E-state index contributed by atoms with van der Waals surface area (Å²) in [5.41, 5.74) is 6.40. The Hall–Kier alpha value is -0.580. The van der Waals surface area contributed by atoms with Gasteiger partial charge in [0.1, 0.15) is 0 Å². The molecule has 1 atom stereocenters. The molecule has 1 aromatic carbocycles. The van der Waals surface area contributed by atoms with Crippen molar-refractivity contribution in [3.8, 4) is 0 Å². The van der Waals surface area contributed by atoms with E-state index in [1.54, 1.807) is 12.1 Å². The first-order valence-corrected chi connectivity index (χ1v) is 8.02. The number of nitrogen functional groups attached to an aromatic ring is 1. The summed E-state index contributed by atoms with van der Waals surface area (Å²) in [6.45, 7) is 0.684. The van der Waals surface area contributed by atoms with Crippen LogP contribution >= 0.6 is 35.0 Å². The lowest BCUT2D eigenvalue weighted by atomic mass is 10.1. The van der Waals surface area contributed by atoms with Crippen LogP contribution in [0.25, 0.3) is 0 Å². The molecule has 2 rings (SSSR count). The third kappa shape index (κ3) is 3.94. The molecule has 1 saturated heterocycles. The molecule has 0 saturated carbocycles. The maximum Gasteiger partial charge on any atom is 0.251 e. The Bertz CT molecular complexity index is 453. The molecule has 1 aliphatic heterocycles. The molecule has 1 heterocycles. The molecular weight excluding hydrogens is 303 g/mol. The van der Waals surface area contributed by atoms with E-state index in [0.717, 1.165) is 6.42 Å². The van der Waals surface area contributed by atoms with Gasteiger partial charge in [0, 0.05) is 17.4 Å². The Labute approximate surface area is 127 Å². The monoisotopic (exact) mass is 318 g/mol. The first kappa shape index (κ1) is 14.8. The molecule has 0 bridgehead atoms. The molecule has 0 aromatic heterocycles. The summed E-state index contributed by atoms with van der Waals surface area (Å²) >= 11 is 13.8. The van der Waals surface area contributed by atoms with Crippen molar-refractivity contribution in [1.82, 2.24) is 5.32 Å². The van der Waals surface area contributed by atoms with E-state index in [1.807, 2.05) is 11.8 Å². The highest BCUT2D eigenvalue weighted by atomic mass is 35.5. The van der Waals surface area contributed by atoms with Gasteiger partial charge in [-0.2, -0.15) is 11.8 Å². The maximum absolute atomic E-state index is 12.0. The highest BCUT2D eigenvalue weighted by molar-refractivity contribution is 7.99.